The van der Waals surface area contributed by atoms with Crippen molar-refractivity contribution in [1.82, 2.24) is 0 Å². The Hall–Kier alpha value is -1.11. The van der Waals surface area contributed by atoms with E-state index >= 15 is 0 Å². The lowest BCUT2D eigenvalue weighted by atomic mass is 10.2. The second-order valence-electron chi connectivity index (χ2n) is 4.14. The molecule has 0 aliphatic rings. The molecule has 1 N–H and O–H groups in total. The average Bonchev–Trinajstić information content (AvgIpc) is 2.36. The molecule has 0 aliphatic carbocycles. The van der Waals surface area contributed by atoms with Gasteiger partial charge in [-0.2, -0.15) is 0 Å². The van der Waals surface area contributed by atoms with Crippen LogP contribution in [0.1, 0.15) is 5.56 Å². The maximum absolute atomic E-state index is 13.1. The molecule has 0 aromatic heterocycles. The van der Waals surface area contributed by atoms with Gasteiger partial charge in [-0.15, -0.1) is 0 Å². The number of halogens is 3. The minimum atomic E-state index is -3.76. The molecule has 2 aromatic carbocycles. The van der Waals surface area contributed by atoms with Gasteiger partial charge in [-0.05, 0) is 42.8 Å². The summed E-state index contributed by atoms with van der Waals surface area (Å²) in [6, 6.07) is 8.59. The van der Waals surface area contributed by atoms with Crippen molar-refractivity contribution in [1.29, 1.82) is 0 Å². The van der Waals surface area contributed by atoms with Crippen LogP contribution in [0, 0.1) is 12.7 Å². The third-order valence-electron chi connectivity index (χ3n) is 2.61. The SMILES string of the molecule is Cc1ccc(Br)cc1S(=O)(=O)Nc1ccc(F)c(Cl)c1. The lowest BCUT2D eigenvalue weighted by molar-refractivity contribution is 0.600. The Balaban J connectivity index is 2.40. The lowest BCUT2D eigenvalue weighted by Crippen LogP contribution is -2.14. The number of sulfonamides is 1. The van der Waals surface area contributed by atoms with Gasteiger partial charge in [0.1, 0.15) is 5.82 Å². The molecule has 0 bridgehead atoms. The molecule has 0 unspecified atom stereocenters. The average molecular weight is 379 g/mol. The standard InChI is InChI=1S/C13H10BrClFNO2S/c1-8-2-3-9(14)6-13(8)20(18,19)17-10-4-5-12(16)11(15)7-10/h2-7,17H,1H3. The van der Waals surface area contributed by atoms with Crippen molar-refractivity contribution in [3.8, 4) is 0 Å². The van der Waals surface area contributed by atoms with Gasteiger partial charge in [0.05, 0.1) is 15.6 Å². The first-order valence-corrected chi connectivity index (χ1v) is 8.19. The highest BCUT2D eigenvalue weighted by Crippen LogP contribution is 2.25. The van der Waals surface area contributed by atoms with Gasteiger partial charge in [0.2, 0.25) is 0 Å². The molecule has 0 amide bonds. The minimum absolute atomic E-state index is 0.142. The molecule has 0 spiro atoms. The fourth-order valence-corrected chi connectivity index (χ4v) is 3.65. The van der Waals surface area contributed by atoms with Crippen LogP contribution in [-0.4, -0.2) is 8.42 Å². The van der Waals surface area contributed by atoms with E-state index in [1.165, 1.54) is 18.2 Å². The zero-order valence-electron chi connectivity index (χ0n) is 10.3. The van der Waals surface area contributed by atoms with Gasteiger partial charge < -0.3 is 0 Å². The zero-order chi connectivity index (χ0) is 14.9. The van der Waals surface area contributed by atoms with E-state index in [9.17, 15) is 12.8 Å². The van der Waals surface area contributed by atoms with E-state index in [-0.39, 0.29) is 15.6 Å². The first kappa shape index (κ1) is 15.3. The largest absolute Gasteiger partial charge is 0.280 e. The van der Waals surface area contributed by atoms with Crippen molar-refractivity contribution < 1.29 is 12.8 Å². The summed E-state index contributed by atoms with van der Waals surface area (Å²) in [5.41, 5.74) is 0.810. The van der Waals surface area contributed by atoms with Gasteiger partial charge in [-0.25, -0.2) is 12.8 Å². The van der Waals surface area contributed by atoms with Gasteiger partial charge in [0, 0.05) is 4.47 Å². The molecule has 0 heterocycles. The van der Waals surface area contributed by atoms with Crippen molar-refractivity contribution in [2.45, 2.75) is 11.8 Å². The molecule has 0 atom stereocenters. The molecule has 106 valence electrons. The molecule has 0 aliphatic heterocycles. The Morgan fingerprint density at radius 1 is 1.20 bits per heavy atom. The second-order valence-corrected chi connectivity index (χ2v) is 7.12. The molecule has 0 saturated heterocycles. The molecule has 7 heteroatoms. The minimum Gasteiger partial charge on any atom is -0.280 e. The van der Waals surface area contributed by atoms with E-state index in [0.717, 1.165) is 6.07 Å². The molecule has 0 radical (unpaired) electrons. The Morgan fingerprint density at radius 3 is 2.55 bits per heavy atom. The quantitative estimate of drug-likeness (QED) is 0.863. The maximum Gasteiger partial charge on any atom is 0.262 e. The van der Waals surface area contributed by atoms with Crippen molar-refractivity contribution >= 4 is 43.2 Å². The normalized spacial score (nSPS) is 11.4. The number of rotatable bonds is 3. The number of benzene rings is 2. The number of hydrogen-bond acceptors (Lipinski definition) is 2. The summed E-state index contributed by atoms with van der Waals surface area (Å²) in [5, 5.41) is -0.142. The highest BCUT2D eigenvalue weighted by molar-refractivity contribution is 9.10. The van der Waals surface area contributed by atoms with Crippen molar-refractivity contribution in [2.24, 2.45) is 0 Å². The Kier molecular flexibility index (Phi) is 4.36. The van der Waals surface area contributed by atoms with E-state index in [1.807, 2.05) is 0 Å². The van der Waals surface area contributed by atoms with Crippen LogP contribution in [0.2, 0.25) is 5.02 Å². The highest BCUT2D eigenvalue weighted by Gasteiger charge is 2.17. The summed E-state index contributed by atoms with van der Waals surface area (Å²) < 4.78 is 40.7. The van der Waals surface area contributed by atoms with Gasteiger partial charge in [0.15, 0.2) is 0 Å². The Bertz CT molecular complexity index is 765. The van der Waals surface area contributed by atoms with E-state index in [4.69, 9.17) is 11.6 Å². The van der Waals surface area contributed by atoms with Crippen LogP contribution in [-0.2, 0) is 10.0 Å². The molecule has 3 nitrogen and oxygen atoms in total. The van der Waals surface area contributed by atoms with Gasteiger partial charge in [0.25, 0.3) is 10.0 Å². The van der Waals surface area contributed by atoms with Crippen LogP contribution in [0.4, 0.5) is 10.1 Å². The third kappa shape index (κ3) is 3.31. The maximum atomic E-state index is 13.1. The number of aryl methyl sites for hydroxylation is 1. The van der Waals surface area contributed by atoms with Gasteiger partial charge in [-0.3, -0.25) is 4.72 Å². The summed E-state index contributed by atoms with van der Waals surface area (Å²) in [6.45, 7) is 1.69. The Labute approximate surface area is 130 Å². The third-order valence-corrected chi connectivity index (χ3v) is 4.92. The summed E-state index contributed by atoms with van der Waals surface area (Å²) in [7, 11) is -3.76. The lowest BCUT2D eigenvalue weighted by Gasteiger charge is -2.11. The molecule has 2 aromatic rings. The topological polar surface area (TPSA) is 46.2 Å². The number of anilines is 1. The smallest absolute Gasteiger partial charge is 0.262 e. The summed E-state index contributed by atoms with van der Waals surface area (Å²) >= 11 is 8.86. The predicted octanol–water partition coefficient (Wildman–Crippen LogP) is 4.35. The van der Waals surface area contributed by atoms with E-state index in [0.29, 0.717) is 10.0 Å². The van der Waals surface area contributed by atoms with Crippen LogP contribution < -0.4 is 4.72 Å². The molecule has 0 saturated carbocycles. The monoisotopic (exact) mass is 377 g/mol. The molecule has 2 rings (SSSR count). The Morgan fingerprint density at radius 2 is 1.90 bits per heavy atom. The first-order chi connectivity index (χ1) is 9.29. The van der Waals surface area contributed by atoms with Crippen LogP contribution in [0.25, 0.3) is 0 Å². The fraction of sp³-hybridized carbons (Fsp3) is 0.0769. The van der Waals surface area contributed by atoms with Crippen molar-refractivity contribution in [3.63, 3.8) is 0 Å². The summed E-state index contributed by atoms with van der Waals surface area (Å²) in [6.07, 6.45) is 0. The molecule has 20 heavy (non-hydrogen) atoms. The van der Waals surface area contributed by atoms with E-state index in [1.54, 1.807) is 19.1 Å². The van der Waals surface area contributed by atoms with Crippen molar-refractivity contribution in [3.05, 3.63) is 57.3 Å². The van der Waals surface area contributed by atoms with Crippen LogP contribution in [0.3, 0.4) is 0 Å². The summed E-state index contributed by atoms with van der Waals surface area (Å²) in [4.78, 5) is 0.146. The summed E-state index contributed by atoms with van der Waals surface area (Å²) in [5.74, 6) is -0.603. The molecular formula is C13H10BrClFNO2S. The number of hydrogen-bond donors (Lipinski definition) is 1. The predicted molar refractivity (Wildman–Crippen MR) is 81.1 cm³/mol. The highest BCUT2D eigenvalue weighted by atomic mass is 79.9. The second kappa shape index (κ2) is 5.71. The zero-order valence-corrected chi connectivity index (χ0v) is 13.5. The fourth-order valence-electron chi connectivity index (χ4n) is 1.63. The number of nitrogens with one attached hydrogen (secondary N) is 1. The van der Waals surface area contributed by atoms with E-state index < -0.39 is 15.8 Å². The van der Waals surface area contributed by atoms with E-state index in [2.05, 4.69) is 20.7 Å². The first-order valence-electron chi connectivity index (χ1n) is 5.53. The van der Waals surface area contributed by atoms with Crippen LogP contribution in [0.5, 0.6) is 0 Å². The van der Waals surface area contributed by atoms with Crippen LogP contribution >= 0.6 is 27.5 Å². The van der Waals surface area contributed by atoms with Gasteiger partial charge >= 0.3 is 0 Å². The van der Waals surface area contributed by atoms with Gasteiger partial charge in [-0.1, -0.05) is 33.6 Å². The molecular weight excluding hydrogens is 369 g/mol. The van der Waals surface area contributed by atoms with Crippen LogP contribution in [0.15, 0.2) is 45.8 Å². The van der Waals surface area contributed by atoms with Crippen molar-refractivity contribution in [2.75, 3.05) is 4.72 Å². The molecule has 0 fully saturated rings.